The fraction of sp³-hybridized carbons (Fsp3) is 0.316. The van der Waals surface area contributed by atoms with E-state index in [0.29, 0.717) is 18.7 Å². The Balaban J connectivity index is 1.67. The van der Waals surface area contributed by atoms with Crippen molar-refractivity contribution in [3.63, 3.8) is 0 Å². The molecule has 1 aromatic heterocycles. The molecule has 3 aromatic rings. The van der Waals surface area contributed by atoms with Gasteiger partial charge in [-0.25, -0.2) is 4.98 Å². The predicted octanol–water partition coefficient (Wildman–Crippen LogP) is 3.62. The lowest BCUT2D eigenvalue weighted by atomic mass is 9.77. The molecular formula is C19H19NO3. The summed E-state index contributed by atoms with van der Waals surface area (Å²) in [6.45, 7) is 0. The number of hydrogen-bond acceptors (Lipinski definition) is 4. The Morgan fingerprint density at radius 1 is 1.04 bits per heavy atom. The van der Waals surface area contributed by atoms with Crippen LogP contribution in [0.25, 0.3) is 22.6 Å². The van der Waals surface area contributed by atoms with E-state index in [0.717, 1.165) is 35.1 Å². The van der Waals surface area contributed by atoms with Crippen molar-refractivity contribution in [2.45, 2.75) is 37.4 Å². The third-order valence-corrected chi connectivity index (χ3v) is 4.76. The van der Waals surface area contributed by atoms with E-state index in [1.54, 1.807) is 0 Å². The summed E-state index contributed by atoms with van der Waals surface area (Å²) in [7, 11) is 0. The first-order valence-electron chi connectivity index (χ1n) is 8.04. The van der Waals surface area contributed by atoms with E-state index in [4.69, 9.17) is 4.42 Å². The molecule has 0 bridgehead atoms. The number of para-hydroxylation sites is 2. The summed E-state index contributed by atoms with van der Waals surface area (Å²) in [4.78, 5) is 4.48. The highest BCUT2D eigenvalue weighted by atomic mass is 16.3. The molecule has 4 heteroatoms. The van der Waals surface area contributed by atoms with E-state index in [-0.39, 0.29) is 0 Å². The average molecular weight is 309 g/mol. The maximum atomic E-state index is 10.8. The molecule has 1 aliphatic rings. The Morgan fingerprint density at radius 3 is 2.57 bits per heavy atom. The molecule has 0 aliphatic heterocycles. The van der Waals surface area contributed by atoms with Crippen molar-refractivity contribution < 1.29 is 14.6 Å². The first kappa shape index (κ1) is 14.4. The molecule has 0 saturated heterocycles. The summed E-state index contributed by atoms with van der Waals surface area (Å²) in [5.41, 5.74) is 2.06. The monoisotopic (exact) mass is 309 g/mol. The molecule has 118 valence electrons. The lowest BCUT2D eigenvalue weighted by Gasteiger charge is -2.37. The number of fused-ring (bicyclic) bond motifs is 1. The number of aromatic nitrogens is 1. The van der Waals surface area contributed by atoms with Crippen molar-refractivity contribution in [3.8, 4) is 11.5 Å². The van der Waals surface area contributed by atoms with Crippen molar-refractivity contribution in [1.82, 2.24) is 4.98 Å². The van der Waals surface area contributed by atoms with Crippen LogP contribution in [0.15, 0.2) is 52.9 Å². The quantitative estimate of drug-likeness (QED) is 0.759. The Labute approximate surface area is 134 Å². The van der Waals surface area contributed by atoms with Crippen molar-refractivity contribution in [3.05, 3.63) is 54.1 Å². The van der Waals surface area contributed by atoms with Crippen molar-refractivity contribution in [2.24, 2.45) is 0 Å². The third kappa shape index (κ3) is 2.44. The van der Waals surface area contributed by atoms with Gasteiger partial charge in [-0.15, -0.1) is 0 Å². The largest absolute Gasteiger partial charge is 0.436 e. The van der Waals surface area contributed by atoms with Gasteiger partial charge in [0.2, 0.25) is 5.89 Å². The molecule has 2 N–H and O–H groups in total. The first-order valence-corrected chi connectivity index (χ1v) is 8.04. The second-order valence-electron chi connectivity index (χ2n) is 6.25. The SMILES string of the molecule is O[C@H]1CCCC[C@]1(O)c1ccc(-c2nc3ccccc3o2)cc1. The molecule has 2 aromatic carbocycles. The van der Waals surface area contributed by atoms with Crippen LogP contribution in [-0.4, -0.2) is 21.3 Å². The minimum Gasteiger partial charge on any atom is -0.436 e. The Kier molecular flexibility index (Phi) is 3.43. The van der Waals surface area contributed by atoms with Gasteiger partial charge >= 0.3 is 0 Å². The van der Waals surface area contributed by atoms with Gasteiger partial charge in [0.1, 0.15) is 11.1 Å². The van der Waals surface area contributed by atoms with E-state index in [1.165, 1.54) is 0 Å². The van der Waals surface area contributed by atoms with Crippen LogP contribution in [0, 0.1) is 0 Å². The van der Waals surface area contributed by atoms with Gasteiger partial charge in [0.15, 0.2) is 5.58 Å². The number of aliphatic hydroxyl groups is 2. The van der Waals surface area contributed by atoms with Crippen LogP contribution in [0.4, 0.5) is 0 Å². The fourth-order valence-electron chi connectivity index (χ4n) is 3.37. The minimum atomic E-state index is -1.14. The lowest BCUT2D eigenvalue weighted by Crippen LogP contribution is -2.42. The second kappa shape index (κ2) is 5.48. The highest BCUT2D eigenvalue weighted by molar-refractivity contribution is 5.75. The molecule has 4 rings (SSSR count). The normalized spacial score (nSPS) is 24.9. The molecule has 1 aliphatic carbocycles. The molecule has 23 heavy (non-hydrogen) atoms. The highest BCUT2D eigenvalue weighted by Crippen LogP contribution is 2.38. The van der Waals surface area contributed by atoms with E-state index in [1.807, 2.05) is 48.5 Å². The van der Waals surface area contributed by atoms with E-state index < -0.39 is 11.7 Å². The number of hydrogen-bond donors (Lipinski definition) is 2. The summed E-state index contributed by atoms with van der Waals surface area (Å²) in [6, 6.07) is 15.1. The summed E-state index contributed by atoms with van der Waals surface area (Å²) >= 11 is 0. The Morgan fingerprint density at radius 2 is 1.83 bits per heavy atom. The first-order chi connectivity index (χ1) is 11.2. The standard InChI is InChI=1S/C19H19NO3/c21-17-7-3-4-12-19(17,22)14-10-8-13(9-11-14)18-20-15-5-1-2-6-16(15)23-18/h1-2,5-6,8-11,17,21-22H,3-4,7,12H2/t17-,19-/m0/s1. The maximum Gasteiger partial charge on any atom is 0.227 e. The average Bonchev–Trinajstić information content (AvgIpc) is 3.02. The van der Waals surface area contributed by atoms with Crippen LogP contribution in [0.5, 0.6) is 0 Å². The maximum absolute atomic E-state index is 10.8. The van der Waals surface area contributed by atoms with Gasteiger partial charge in [-0.05, 0) is 42.7 Å². The zero-order valence-electron chi connectivity index (χ0n) is 12.8. The van der Waals surface area contributed by atoms with Crippen LogP contribution in [0.2, 0.25) is 0 Å². The molecule has 1 heterocycles. The smallest absolute Gasteiger partial charge is 0.227 e. The third-order valence-electron chi connectivity index (χ3n) is 4.76. The number of benzene rings is 2. The second-order valence-corrected chi connectivity index (χ2v) is 6.25. The molecule has 1 fully saturated rings. The van der Waals surface area contributed by atoms with Crippen LogP contribution < -0.4 is 0 Å². The summed E-state index contributed by atoms with van der Waals surface area (Å²) < 4.78 is 5.76. The Bertz CT molecular complexity index is 791. The molecule has 0 radical (unpaired) electrons. The highest BCUT2D eigenvalue weighted by Gasteiger charge is 2.39. The van der Waals surface area contributed by atoms with Crippen molar-refractivity contribution in [1.29, 1.82) is 0 Å². The van der Waals surface area contributed by atoms with Gasteiger partial charge in [-0.1, -0.05) is 37.1 Å². The topological polar surface area (TPSA) is 66.5 Å². The molecular weight excluding hydrogens is 290 g/mol. The van der Waals surface area contributed by atoms with E-state index in [9.17, 15) is 10.2 Å². The summed E-state index contributed by atoms with van der Waals surface area (Å²) in [5, 5.41) is 21.0. The van der Waals surface area contributed by atoms with Gasteiger partial charge in [0.25, 0.3) is 0 Å². The van der Waals surface area contributed by atoms with Crippen molar-refractivity contribution >= 4 is 11.1 Å². The summed E-state index contributed by atoms with van der Waals surface area (Å²) in [6.07, 6.45) is 2.43. The summed E-state index contributed by atoms with van der Waals surface area (Å²) in [5.74, 6) is 0.564. The van der Waals surface area contributed by atoms with E-state index in [2.05, 4.69) is 4.98 Å². The number of rotatable bonds is 2. The minimum absolute atomic E-state index is 0.564. The molecule has 0 amide bonds. The van der Waals surface area contributed by atoms with E-state index >= 15 is 0 Å². The fourth-order valence-corrected chi connectivity index (χ4v) is 3.37. The van der Waals surface area contributed by atoms with Gasteiger partial charge in [-0.3, -0.25) is 0 Å². The lowest BCUT2D eigenvalue weighted by molar-refractivity contribution is -0.106. The van der Waals surface area contributed by atoms with Crippen LogP contribution in [-0.2, 0) is 5.60 Å². The van der Waals surface area contributed by atoms with Gasteiger partial charge in [0, 0.05) is 5.56 Å². The number of nitrogens with zero attached hydrogens (tertiary/aromatic N) is 1. The molecule has 2 atom stereocenters. The van der Waals surface area contributed by atoms with Gasteiger partial charge < -0.3 is 14.6 Å². The predicted molar refractivity (Wildman–Crippen MR) is 87.8 cm³/mol. The van der Waals surface area contributed by atoms with Crippen LogP contribution >= 0.6 is 0 Å². The number of oxazole rings is 1. The van der Waals surface area contributed by atoms with Crippen LogP contribution in [0.1, 0.15) is 31.2 Å². The molecule has 0 spiro atoms. The van der Waals surface area contributed by atoms with Crippen molar-refractivity contribution in [2.75, 3.05) is 0 Å². The van der Waals surface area contributed by atoms with Gasteiger partial charge in [-0.2, -0.15) is 0 Å². The Hall–Kier alpha value is -2.17. The molecule has 1 saturated carbocycles. The molecule has 4 nitrogen and oxygen atoms in total. The molecule has 0 unspecified atom stereocenters. The zero-order valence-corrected chi connectivity index (χ0v) is 12.8. The zero-order chi connectivity index (χ0) is 15.9. The van der Waals surface area contributed by atoms with Gasteiger partial charge in [0.05, 0.1) is 6.10 Å². The number of aliphatic hydroxyl groups excluding tert-OH is 1. The van der Waals surface area contributed by atoms with Crippen LogP contribution in [0.3, 0.4) is 0 Å².